The Hall–Kier alpha value is -0.950. The molecule has 0 amide bonds. The summed E-state index contributed by atoms with van der Waals surface area (Å²) >= 11 is 5.87. The van der Waals surface area contributed by atoms with Crippen molar-refractivity contribution in [2.75, 3.05) is 14.2 Å². The maximum atomic E-state index is 12.3. The lowest BCUT2D eigenvalue weighted by atomic mass is 10.2. The number of halogens is 3. The number of methoxy groups -OCH3 is 2. The van der Waals surface area contributed by atoms with Crippen LogP contribution < -0.4 is 10.1 Å². The van der Waals surface area contributed by atoms with Gasteiger partial charge in [0.1, 0.15) is 5.75 Å². The molecular formula is C13H18ClF2NO3. The van der Waals surface area contributed by atoms with E-state index in [1.54, 1.807) is 6.07 Å². The lowest BCUT2D eigenvalue weighted by Gasteiger charge is -2.22. The fraction of sp³-hybridized carbons (Fsp3) is 0.538. The molecule has 1 atom stereocenters. The second kappa shape index (κ2) is 8.36. The minimum Gasteiger partial charge on any atom is -0.434 e. The van der Waals surface area contributed by atoms with Gasteiger partial charge in [0.05, 0.1) is 6.04 Å². The quantitative estimate of drug-likeness (QED) is 0.749. The molecule has 20 heavy (non-hydrogen) atoms. The number of ether oxygens (including phenoxy) is 3. The van der Waals surface area contributed by atoms with Crippen molar-refractivity contribution < 1.29 is 23.0 Å². The summed E-state index contributed by atoms with van der Waals surface area (Å²) in [7, 11) is 3.05. The van der Waals surface area contributed by atoms with Crippen molar-refractivity contribution in [2.45, 2.75) is 32.4 Å². The smallest absolute Gasteiger partial charge is 0.387 e. The molecule has 7 heteroatoms. The molecule has 1 N–H and O–H groups in total. The first kappa shape index (κ1) is 17.1. The van der Waals surface area contributed by atoms with E-state index < -0.39 is 12.9 Å². The Bertz CT molecular complexity index is 417. The maximum Gasteiger partial charge on any atom is 0.387 e. The lowest BCUT2D eigenvalue weighted by molar-refractivity contribution is -0.119. The van der Waals surface area contributed by atoms with E-state index in [1.807, 2.05) is 6.92 Å². The molecule has 0 aliphatic heterocycles. The molecule has 0 saturated carbocycles. The Labute approximate surface area is 122 Å². The predicted molar refractivity (Wildman–Crippen MR) is 72.2 cm³/mol. The van der Waals surface area contributed by atoms with Crippen molar-refractivity contribution in [1.29, 1.82) is 0 Å². The zero-order chi connectivity index (χ0) is 15.1. The lowest BCUT2D eigenvalue weighted by Crippen LogP contribution is -2.39. The third-order valence-electron chi connectivity index (χ3n) is 2.73. The number of benzene rings is 1. The molecule has 4 nitrogen and oxygen atoms in total. The van der Waals surface area contributed by atoms with Gasteiger partial charge in [0, 0.05) is 31.4 Å². The Morgan fingerprint density at radius 3 is 2.45 bits per heavy atom. The van der Waals surface area contributed by atoms with E-state index in [0.29, 0.717) is 17.1 Å². The van der Waals surface area contributed by atoms with Crippen LogP contribution in [0.3, 0.4) is 0 Å². The fourth-order valence-electron chi connectivity index (χ4n) is 1.77. The van der Waals surface area contributed by atoms with E-state index in [9.17, 15) is 8.78 Å². The van der Waals surface area contributed by atoms with Gasteiger partial charge in [0.25, 0.3) is 0 Å². The van der Waals surface area contributed by atoms with Crippen LogP contribution in [0.15, 0.2) is 18.2 Å². The average Bonchev–Trinajstić information content (AvgIpc) is 2.40. The first-order valence-electron chi connectivity index (χ1n) is 6.00. The normalized spacial score (nSPS) is 13.0. The van der Waals surface area contributed by atoms with Crippen LogP contribution in [-0.4, -0.2) is 33.2 Å². The summed E-state index contributed by atoms with van der Waals surface area (Å²) in [6.45, 7) is -0.721. The minimum absolute atomic E-state index is 0.0930. The van der Waals surface area contributed by atoms with E-state index in [2.05, 4.69) is 10.1 Å². The molecule has 0 aromatic heterocycles. The summed E-state index contributed by atoms with van der Waals surface area (Å²) in [5, 5.41) is 3.56. The van der Waals surface area contributed by atoms with E-state index in [-0.39, 0.29) is 11.8 Å². The Morgan fingerprint density at radius 1 is 1.25 bits per heavy atom. The number of rotatable bonds is 8. The molecule has 0 fully saturated rings. The minimum atomic E-state index is -2.88. The fourth-order valence-corrected chi connectivity index (χ4v) is 1.96. The van der Waals surface area contributed by atoms with Crippen molar-refractivity contribution in [3.05, 3.63) is 28.8 Å². The molecular weight excluding hydrogens is 292 g/mol. The third-order valence-corrected chi connectivity index (χ3v) is 2.96. The van der Waals surface area contributed by atoms with Gasteiger partial charge in [-0.05, 0) is 25.1 Å². The van der Waals surface area contributed by atoms with Gasteiger partial charge in [-0.1, -0.05) is 11.6 Å². The highest BCUT2D eigenvalue weighted by molar-refractivity contribution is 6.30. The van der Waals surface area contributed by atoms with Crippen LogP contribution in [0, 0.1) is 0 Å². The molecule has 0 radical (unpaired) electrons. The Kier molecular flexibility index (Phi) is 7.15. The highest BCUT2D eigenvalue weighted by atomic mass is 35.5. The monoisotopic (exact) mass is 309 g/mol. The van der Waals surface area contributed by atoms with Gasteiger partial charge >= 0.3 is 6.61 Å². The second-order valence-electron chi connectivity index (χ2n) is 4.14. The van der Waals surface area contributed by atoms with Crippen LogP contribution in [0.1, 0.15) is 12.5 Å². The van der Waals surface area contributed by atoms with Crippen molar-refractivity contribution in [3.8, 4) is 5.75 Å². The molecule has 114 valence electrons. The Balaban J connectivity index is 2.73. The number of nitrogens with one attached hydrogen (secondary N) is 1. The number of alkyl halides is 2. The summed E-state index contributed by atoms with van der Waals surface area (Å²) in [6.07, 6.45) is -0.436. The molecule has 0 aliphatic rings. The number of hydrogen-bond donors (Lipinski definition) is 1. The summed E-state index contributed by atoms with van der Waals surface area (Å²) in [4.78, 5) is 0. The first-order chi connectivity index (χ1) is 9.47. The first-order valence-corrected chi connectivity index (χ1v) is 6.38. The van der Waals surface area contributed by atoms with Crippen molar-refractivity contribution >= 4 is 11.6 Å². The van der Waals surface area contributed by atoms with Crippen LogP contribution in [-0.2, 0) is 16.0 Å². The van der Waals surface area contributed by atoms with Gasteiger partial charge in [-0.3, -0.25) is 0 Å². The van der Waals surface area contributed by atoms with E-state index in [0.717, 1.165) is 0 Å². The zero-order valence-corrected chi connectivity index (χ0v) is 12.3. The molecule has 0 saturated heterocycles. The summed E-state index contributed by atoms with van der Waals surface area (Å²) in [5.74, 6) is 0.0930. The van der Waals surface area contributed by atoms with Crippen molar-refractivity contribution in [1.82, 2.24) is 5.32 Å². The SMILES string of the molecule is COC(OC)C(C)NCc1cc(Cl)ccc1OC(F)F. The Morgan fingerprint density at radius 2 is 1.90 bits per heavy atom. The predicted octanol–water partition coefficient (Wildman–Crippen LogP) is 3.04. The molecule has 0 heterocycles. The molecule has 0 aliphatic carbocycles. The second-order valence-corrected chi connectivity index (χ2v) is 4.58. The van der Waals surface area contributed by atoms with Gasteiger partial charge < -0.3 is 19.5 Å². The van der Waals surface area contributed by atoms with Gasteiger partial charge in [-0.15, -0.1) is 0 Å². The van der Waals surface area contributed by atoms with Gasteiger partial charge in [-0.2, -0.15) is 8.78 Å². The molecule has 1 aromatic carbocycles. The highest BCUT2D eigenvalue weighted by Crippen LogP contribution is 2.24. The molecule has 1 aromatic rings. The third kappa shape index (κ3) is 5.20. The largest absolute Gasteiger partial charge is 0.434 e. The topological polar surface area (TPSA) is 39.7 Å². The summed E-state index contributed by atoms with van der Waals surface area (Å²) in [6, 6.07) is 4.36. The molecule has 0 bridgehead atoms. The molecule has 0 spiro atoms. The molecule has 1 unspecified atom stereocenters. The molecule has 1 rings (SSSR count). The van der Waals surface area contributed by atoms with E-state index >= 15 is 0 Å². The van der Waals surface area contributed by atoms with Gasteiger partial charge in [0.15, 0.2) is 6.29 Å². The van der Waals surface area contributed by atoms with Crippen molar-refractivity contribution in [2.24, 2.45) is 0 Å². The van der Waals surface area contributed by atoms with Crippen LogP contribution in [0.25, 0.3) is 0 Å². The van der Waals surface area contributed by atoms with E-state index in [1.165, 1.54) is 26.4 Å². The average molecular weight is 310 g/mol. The zero-order valence-electron chi connectivity index (χ0n) is 11.5. The highest BCUT2D eigenvalue weighted by Gasteiger charge is 2.16. The van der Waals surface area contributed by atoms with Gasteiger partial charge in [-0.25, -0.2) is 0 Å². The standard InChI is InChI=1S/C13H18ClF2NO3/c1-8(12(18-2)19-3)17-7-9-6-10(14)4-5-11(9)20-13(15)16/h4-6,8,12-13,17H,7H2,1-3H3. The summed E-state index contributed by atoms with van der Waals surface area (Å²) < 4.78 is 39.3. The summed E-state index contributed by atoms with van der Waals surface area (Å²) in [5.41, 5.74) is 0.538. The van der Waals surface area contributed by atoms with Crippen LogP contribution in [0.5, 0.6) is 5.75 Å². The maximum absolute atomic E-state index is 12.3. The van der Waals surface area contributed by atoms with Crippen LogP contribution in [0.2, 0.25) is 5.02 Å². The van der Waals surface area contributed by atoms with Crippen LogP contribution in [0.4, 0.5) is 8.78 Å². The van der Waals surface area contributed by atoms with Crippen molar-refractivity contribution in [3.63, 3.8) is 0 Å². The van der Waals surface area contributed by atoms with E-state index in [4.69, 9.17) is 21.1 Å². The number of hydrogen-bond acceptors (Lipinski definition) is 4. The van der Waals surface area contributed by atoms with Gasteiger partial charge in [0.2, 0.25) is 0 Å². The van der Waals surface area contributed by atoms with Crippen LogP contribution >= 0.6 is 11.6 Å².